The highest BCUT2D eigenvalue weighted by Crippen LogP contribution is 2.33. The van der Waals surface area contributed by atoms with Crippen molar-refractivity contribution in [2.45, 2.75) is 11.3 Å². The largest absolute Gasteiger partial charge is 0.381 e. The molecule has 0 bridgehead atoms. The van der Waals surface area contributed by atoms with E-state index in [1.165, 1.54) is 15.2 Å². The average Bonchev–Trinajstić information content (AvgIpc) is 2.93. The number of nitrogens with zero attached hydrogens (tertiary/aromatic N) is 3. The molecule has 19 heavy (non-hydrogen) atoms. The summed E-state index contributed by atoms with van der Waals surface area (Å²) in [6.07, 6.45) is 2.15. The van der Waals surface area contributed by atoms with Gasteiger partial charge in [-0.1, -0.05) is 18.2 Å². The minimum absolute atomic E-state index is 0.0341. The fourth-order valence-corrected chi connectivity index (χ4v) is 3.96. The molecular formula is C12H14N4O2S. The molecule has 0 saturated heterocycles. The lowest BCUT2D eigenvalue weighted by Gasteiger charge is -2.18. The van der Waals surface area contributed by atoms with Gasteiger partial charge in [-0.15, -0.1) is 0 Å². The molecule has 2 heterocycles. The van der Waals surface area contributed by atoms with Crippen molar-refractivity contribution >= 4 is 21.5 Å². The summed E-state index contributed by atoms with van der Waals surface area (Å²) >= 11 is 0. The SMILES string of the molecule is Cn1cc(S(=O)(=O)N2CCc3ccccc32)c(N)n1. The number of hydrogen-bond acceptors (Lipinski definition) is 4. The lowest BCUT2D eigenvalue weighted by molar-refractivity contribution is 0.592. The minimum Gasteiger partial charge on any atom is -0.381 e. The van der Waals surface area contributed by atoms with Crippen LogP contribution in [0.15, 0.2) is 35.4 Å². The van der Waals surface area contributed by atoms with Gasteiger partial charge in [0.2, 0.25) is 0 Å². The normalized spacial score (nSPS) is 14.7. The molecule has 0 spiro atoms. The molecule has 2 aromatic rings. The highest BCUT2D eigenvalue weighted by Gasteiger charge is 2.33. The van der Waals surface area contributed by atoms with Crippen LogP contribution in [-0.4, -0.2) is 24.7 Å². The maximum atomic E-state index is 12.6. The van der Waals surface area contributed by atoms with Crippen molar-refractivity contribution in [3.63, 3.8) is 0 Å². The second kappa shape index (κ2) is 3.99. The number of rotatable bonds is 2. The lowest BCUT2D eigenvalue weighted by atomic mass is 10.2. The number of fused-ring (bicyclic) bond motifs is 1. The summed E-state index contributed by atoms with van der Waals surface area (Å²) in [6, 6.07) is 7.50. The van der Waals surface area contributed by atoms with Crippen LogP contribution in [0.3, 0.4) is 0 Å². The van der Waals surface area contributed by atoms with Crippen LogP contribution in [0, 0.1) is 0 Å². The molecule has 100 valence electrons. The number of anilines is 2. The van der Waals surface area contributed by atoms with E-state index in [1.54, 1.807) is 7.05 Å². The Hall–Kier alpha value is -2.02. The summed E-state index contributed by atoms with van der Waals surface area (Å²) < 4.78 is 28.1. The quantitative estimate of drug-likeness (QED) is 0.879. The summed E-state index contributed by atoms with van der Waals surface area (Å²) in [7, 11) is -1.99. The van der Waals surface area contributed by atoms with Gasteiger partial charge in [0.05, 0.1) is 5.69 Å². The Morgan fingerprint density at radius 3 is 2.74 bits per heavy atom. The predicted octanol–water partition coefficient (Wildman–Crippen LogP) is 0.754. The van der Waals surface area contributed by atoms with Gasteiger partial charge < -0.3 is 5.73 Å². The first-order valence-corrected chi connectivity index (χ1v) is 7.34. The van der Waals surface area contributed by atoms with E-state index in [-0.39, 0.29) is 10.7 Å². The number of aromatic nitrogens is 2. The van der Waals surface area contributed by atoms with E-state index < -0.39 is 10.0 Å². The maximum Gasteiger partial charge on any atom is 0.269 e. The Balaban J connectivity index is 2.11. The first-order valence-electron chi connectivity index (χ1n) is 5.90. The highest BCUT2D eigenvalue weighted by atomic mass is 32.2. The van der Waals surface area contributed by atoms with Crippen LogP contribution in [0.5, 0.6) is 0 Å². The molecule has 0 saturated carbocycles. The summed E-state index contributed by atoms with van der Waals surface area (Å²) in [5.41, 5.74) is 7.44. The molecule has 0 amide bonds. The molecule has 1 aliphatic heterocycles. The molecule has 0 unspecified atom stereocenters. The average molecular weight is 278 g/mol. The second-order valence-electron chi connectivity index (χ2n) is 4.51. The first-order chi connectivity index (χ1) is 9.00. The summed E-state index contributed by atoms with van der Waals surface area (Å²) in [5.74, 6) is 0.0341. The number of aryl methyl sites for hydroxylation is 1. The molecule has 0 fully saturated rings. The van der Waals surface area contributed by atoms with Gasteiger partial charge in [-0.2, -0.15) is 5.10 Å². The van der Waals surface area contributed by atoms with Crippen LogP contribution >= 0.6 is 0 Å². The Labute approximate surface area is 111 Å². The van der Waals surface area contributed by atoms with Crippen molar-refractivity contribution in [1.29, 1.82) is 0 Å². The summed E-state index contributed by atoms with van der Waals surface area (Å²) in [5, 5.41) is 3.89. The minimum atomic E-state index is -3.64. The smallest absolute Gasteiger partial charge is 0.269 e. The lowest BCUT2D eigenvalue weighted by Crippen LogP contribution is -2.29. The third-order valence-electron chi connectivity index (χ3n) is 3.23. The van der Waals surface area contributed by atoms with E-state index in [0.29, 0.717) is 6.54 Å². The zero-order valence-electron chi connectivity index (χ0n) is 10.4. The Kier molecular flexibility index (Phi) is 2.53. The number of sulfonamides is 1. The van der Waals surface area contributed by atoms with E-state index >= 15 is 0 Å². The van der Waals surface area contributed by atoms with Gasteiger partial charge >= 0.3 is 0 Å². The van der Waals surface area contributed by atoms with Gasteiger partial charge in [-0.3, -0.25) is 8.99 Å². The monoisotopic (exact) mass is 278 g/mol. The molecule has 0 atom stereocenters. The van der Waals surface area contributed by atoms with Gasteiger partial charge in [-0.05, 0) is 18.1 Å². The Bertz CT molecular complexity index is 736. The fourth-order valence-electron chi connectivity index (χ4n) is 2.36. The van der Waals surface area contributed by atoms with Crippen LogP contribution in [0.1, 0.15) is 5.56 Å². The van der Waals surface area contributed by atoms with E-state index in [2.05, 4.69) is 5.10 Å². The topological polar surface area (TPSA) is 81.2 Å². The van der Waals surface area contributed by atoms with Gasteiger partial charge in [-0.25, -0.2) is 8.42 Å². The fraction of sp³-hybridized carbons (Fsp3) is 0.250. The molecule has 6 nitrogen and oxygen atoms in total. The van der Waals surface area contributed by atoms with E-state index in [0.717, 1.165) is 17.7 Å². The molecular weight excluding hydrogens is 264 g/mol. The Morgan fingerprint density at radius 2 is 2.05 bits per heavy atom. The number of benzene rings is 1. The third-order valence-corrected chi connectivity index (χ3v) is 5.06. The molecule has 1 aromatic carbocycles. The summed E-state index contributed by atoms with van der Waals surface area (Å²) in [4.78, 5) is 0.0618. The molecule has 1 aromatic heterocycles. The zero-order valence-corrected chi connectivity index (χ0v) is 11.3. The number of nitrogens with two attached hydrogens (primary N) is 1. The standard InChI is InChI=1S/C12H14N4O2S/c1-15-8-11(12(13)14-15)19(17,18)16-7-6-9-4-2-3-5-10(9)16/h2-5,8H,6-7H2,1H3,(H2,13,14). The van der Waals surface area contributed by atoms with Crippen molar-refractivity contribution < 1.29 is 8.42 Å². The van der Waals surface area contributed by atoms with Gasteiger partial charge in [0.15, 0.2) is 5.82 Å². The van der Waals surface area contributed by atoms with Crippen molar-refractivity contribution in [3.05, 3.63) is 36.0 Å². The van der Waals surface area contributed by atoms with E-state index in [1.807, 2.05) is 24.3 Å². The number of para-hydroxylation sites is 1. The van der Waals surface area contributed by atoms with Crippen LogP contribution < -0.4 is 10.0 Å². The molecule has 0 radical (unpaired) electrons. The van der Waals surface area contributed by atoms with Crippen LogP contribution in [0.2, 0.25) is 0 Å². The summed E-state index contributed by atoms with van der Waals surface area (Å²) in [6.45, 7) is 0.440. The second-order valence-corrected chi connectivity index (χ2v) is 6.34. The zero-order chi connectivity index (χ0) is 13.6. The van der Waals surface area contributed by atoms with Crippen LogP contribution in [0.4, 0.5) is 11.5 Å². The third kappa shape index (κ3) is 1.77. The van der Waals surface area contributed by atoms with Crippen LogP contribution in [0.25, 0.3) is 0 Å². The van der Waals surface area contributed by atoms with Gasteiger partial charge in [0.25, 0.3) is 10.0 Å². The van der Waals surface area contributed by atoms with E-state index in [4.69, 9.17) is 5.73 Å². The van der Waals surface area contributed by atoms with Gasteiger partial charge in [0, 0.05) is 19.8 Å². The Morgan fingerprint density at radius 1 is 1.32 bits per heavy atom. The van der Waals surface area contributed by atoms with Gasteiger partial charge in [0.1, 0.15) is 4.90 Å². The molecule has 0 aliphatic carbocycles. The maximum absolute atomic E-state index is 12.6. The predicted molar refractivity (Wildman–Crippen MR) is 72.3 cm³/mol. The molecule has 3 rings (SSSR count). The number of nitrogen functional groups attached to an aromatic ring is 1. The van der Waals surface area contributed by atoms with Crippen molar-refractivity contribution in [3.8, 4) is 0 Å². The van der Waals surface area contributed by atoms with Crippen molar-refractivity contribution in [2.24, 2.45) is 7.05 Å². The van der Waals surface area contributed by atoms with Crippen molar-refractivity contribution in [2.75, 3.05) is 16.6 Å². The van der Waals surface area contributed by atoms with Crippen molar-refractivity contribution in [1.82, 2.24) is 9.78 Å². The molecule has 2 N–H and O–H groups in total. The van der Waals surface area contributed by atoms with E-state index in [9.17, 15) is 8.42 Å². The first kappa shape index (κ1) is 12.0. The number of hydrogen-bond donors (Lipinski definition) is 1. The van der Waals surface area contributed by atoms with Crippen LogP contribution in [-0.2, 0) is 23.5 Å². The molecule has 7 heteroatoms. The highest BCUT2D eigenvalue weighted by molar-refractivity contribution is 7.93. The molecule has 1 aliphatic rings.